The van der Waals surface area contributed by atoms with Crippen molar-refractivity contribution in [2.75, 3.05) is 44.2 Å². The van der Waals surface area contributed by atoms with E-state index in [4.69, 9.17) is 11.6 Å². The number of aromatic nitrogens is 2. The molecule has 0 atom stereocenters. The number of nitrogens with zero attached hydrogens (tertiary/aromatic N) is 2. The molecule has 0 radical (unpaired) electrons. The van der Waals surface area contributed by atoms with Crippen LogP contribution in [0.2, 0.25) is 5.02 Å². The number of nitrogens with one attached hydrogen (secondary N) is 3. The van der Waals surface area contributed by atoms with Gasteiger partial charge in [0.05, 0.1) is 21.6 Å². The van der Waals surface area contributed by atoms with Crippen LogP contribution in [0.4, 0.5) is 5.69 Å². The summed E-state index contributed by atoms with van der Waals surface area (Å²) in [5.41, 5.74) is 2.54. The first-order valence-electron chi connectivity index (χ1n) is 11.8. The standard InChI is InChI=1S/C25H28ClN5O3S/c26-20-8-6-19-17-21(9-7-18(19)16-20)35(33,34)27-10-1-2-11-30-12-14-31(15-13-30)23-5-3-4-22-24(23)29-25(32)28-22/h3-9,16-17,27H,1-2,10-15H2,(H2,28,29,32). The van der Waals surface area contributed by atoms with Gasteiger partial charge in [0, 0.05) is 37.7 Å². The van der Waals surface area contributed by atoms with Crippen LogP contribution in [0.3, 0.4) is 0 Å². The lowest BCUT2D eigenvalue weighted by molar-refractivity contribution is 0.253. The third kappa shape index (κ3) is 5.38. The van der Waals surface area contributed by atoms with Crippen LogP contribution in [-0.4, -0.2) is 62.6 Å². The van der Waals surface area contributed by atoms with Crippen LogP contribution < -0.4 is 15.3 Å². The predicted octanol–water partition coefficient (Wildman–Crippen LogP) is 3.54. The molecular weight excluding hydrogens is 486 g/mol. The van der Waals surface area contributed by atoms with Crippen molar-refractivity contribution in [3.05, 3.63) is 70.1 Å². The average Bonchev–Trinajstić information content (AvgIpc) is 3.24. The summed E-state index contributed by atoms with van der Waals surface area (Å²) in [6.07, 6.45) is 1.69. The summed E-state index contributed by atoms with van der Waals surface area (Å²) in [5, 5.41) is 2.38. The first-order valence-corrected chi connectivity index (χ1v) is 13.6. The highest BCUT2D eigenvalue weighted by Gasteiger charge is 2.19. The molecule has 0 bridgehead atoms. The third-order valence-electron chi connectivity index (χ3n) is 6.52. The van der Waals surface area contributed by atoms with E-state index < -0.39 is 10.0 Å². The van der Waals surface area contributed by atoms with Gasteiger partial charge in [-0.3, -0.25) is 4.90 Å². The number of halogens is 1. The number of hydrogen-bond acceptors (Lipinski definition) is 5. The molecule has 3 N–H and O–H groups in total. The first-order chi connectivity index (χ1) is 16.9. The summed E-state index contributed by atoms with van der Waals surface area (Å²) >= 11 is 6.01. The maximum Gasteiger partial charge on any atom is 0.323 e. The number of benzene rings is 3. The van der Waals surface area contributed by atoms with Crippen molar-refractivity contribution >= 4 is 49.1 Å². The summed E-state index contributed by atoms with van der Waals surface area (Å²) < 4.78 is 28.1. The van der Waals surface area contributed by atoms with E-state index in [0.717, 1.165) is 73.1 Å². The Hall–Kier alpha value is -2.85. The maximum atomic E-state index is 12.7. The Bertz CT molecular complexity index is 1510. The highest BCUT2D eigenvalue weighted by atomic mass is 35.5. The Kier molecular flexibility index (Phi) is 6.84. The van der Waals surface area contributed by atoms with Crippen molar-refractivity contribution in [1.29, 1.82) is 0 Å². The molecule has 0 aliphatic carbocycles. The predicted molar refractivity (Wildman–Crippen MR) is 141 cm³/mol. The van der Waals surface area contributed by atoms with Crippen molar-refractivity contribution in [2.24, 2.45) is 0 Å². The molecule has 1 fully saturated rings. The summed E-state index contributed by atoms with van der Waals surface area (Å²) in [6.45, 7) is 4.95. The van der Waals surface area contributed by atoms with Gasteiger partial charge in [0.2, 0.25) is 10.0 Å². The van der Waals surface area contributed by atoms with Gasteiger partial charge >= 0.3 is 5.69 Å². The Morgan fingerprint density at radius 2 is 1.69 bits per heavy atom. The Morgan fingerprint density at radius 3 is 2.51 bits per heavy atom. The number of aromatic amines is 2. The summed E-state index contributed by atoms with van der Waals surface area (Å²) in [5.74, 6) is 0. The second kappa shape index (κ2) is 10.0. The number of unbranched alkanes of at least 4 members (excludes halogenated alkanes) is 1. The summed E-state index contributed by atoms with van der Waals surface area (Å²) in [6, 6.07) is 16.4. The number of imidazole rings is 1. The quantitative estimate of drug-likeness (QED) is 0.313. The normalized spacial score (nSPS) is 15.3. The number of piperazine rings is 1. The number of para-hydroxylation sites is 1. The molecule has 10 heteroatoms. The van der Waals surface area contributed by atoms with Crippen LogP contribution in [0, 0.1) is 0 Å². The molecule has 1 saturated heterocycles. The van der Waals surface area contributed by atoms with E-state index in [1.807, 2.05) is 30.3 Å². The van der Waals surface area contributed by atoms with Crippen molar-refractivity contribution in [3.8, 4) is 0 Å². The highest BCUT2D eigenvalue weighted by Crippen LogP contribution is 2.25. The van der Waals surface area contributed by atoms with Gasteiger partial charge in [-0.05, 0) is 66.6 Å². The van der Waals surface area contributed by atoms with E-state index in [-0.39, 0.29) is 10.6 Å². The largest absolute Gasteiger partial charge is 0.367 e. The zero-order valence-electron chi connectivity index (χ0n) is 19.3. The molecule has 4 aromatic rings. The zero-order chi connectivity index (χ0) is 24.4. The van der Waals surface area contributed by atoms with E-state index in [0.29, 0.717) is 11.6 Å². The molecule has 1 aliphatic rings. The molecule has 0 amide bonds. The van der Waals surface area contributed by atoms with Crippen LogP contribution in [0.25, 0.3) is 21.8 Å². The molecule has 1 aliphatic heterocycles. The van der Waals surface area contributed by atoms with Gasteiger partial charge < -0.3 is 14.9 Å². The smallest absolute Gasteiger partial charge is 0.323 e. The summed E-state index contributed by atoms with van der Waals surface area (Å²) in [7, 11) is -3.55. The van der Waals surface area contributed by atoms with Gasteiger partial charge in [0.15, 0.2) is 0 Å². The SMILES string of the molecule is O=c1[nH]c2cccc(N3CCN(CCCCNS(=O)(=O)c4ccc5cc(Cl)ccc5c4)CC3)c2[nH]1. The van der Waals surface area contributed by atoms with Crippen LogP contribution in [0.1, 0.15) is 12.8 Å². The minimum atomic E-state index is -3.55. The van der Waals surface area contributed by atoms with Gasteiger partial charge in [0.1, 0.15) is 0 Å². The number of anilines is 1. The molecule has 2 heterocycles. The first kappa shape index (κ1) is 23.9. The molecule has 1 aromatic heterocycles. The number of sulfonamides is 1. The van der Waals surface area contributed by atoms with Gasteiger partial charge in [0.25, 0.3) is 0 Å². The molecule has 0 spiro atoms. The fourth-order valence-electron chi connectivity index (χ4n) is 4.63. The second-order valence-corrected chi connectivity index (χ2v) is 11.1. The summed E-state index contributed by atoms with van der Waals surface area (Å²) in [4.78, 5) is 22.3. The van der Waals surface area contributed by atoms with E-state index >= 15 is 0 Å². The van der Waals surface area contributed by atoms with Gasteiger partial charge in [-0.15, -0.1) is 0 Å². The molecule has 5 rings (SSSR count). The Balaban J connectivity index is 1.08. The molecule has 0 saturated carbocycles. The lowest BCUT2D eigenvalue weighted by Crippen LogP contribution is -2.46. The van der Waals surface area contributed by atoms with Crippen LogP contribution in [0.5, 0.6) is 0 Å². The van der Waals surface area contributed by atoms with Crippen LogP contribution in [0.15, 0.2) is 64.3 Å². The van der Waals surface area contributed by atoms with Gasteiger partial charge in [-0.25, -0.2) is 17.9 Å². The number of fused-ring (bicyclic) bond motifs is 2. The molecular formula is C25H28ClN5O3S. The molecule has 8 nitrogen and oxygen atoms in total. The van der Waals surface area contributed by atoms with Crippen molar-refractivity contribution in [2.45, 2.75) is 17.7 Å². The minimum absolute atomic E-state index is 0.188. The van der Waals surface area contributed by atoms with E-state index in [2.05, 4.69) is 24.5 Å². The van der Waals surface area contributed by atoms with Crippen LogP contribution >= 0.6 is 11.6 Å². The van der Waals surface area contributed by atoms with Crippen LogP contribution in [-0.2, 0) is 10.0 Å². The number of rotatable bonds is 8. The molecule has 0 unspecified atom stereocenters. The zero-order valence-corrected chi connectivity index (χ0v) is 20.8. The lowest BCUT2D eigenvalue weighted by Gasteiger charge is -2.36. The monoisotopic (exact) mass is 513 g/mol. The Labute approximate surface area is 208 Å². The maximum absolute atomic E-state index is 12.7. The van der Waals surface area contributed by atoms with Gasteiger partial charge in [-0.1, -0.05) is 29.8 Å². The van der Waals surface area contributed by atoms with Crippen molar-refractivity contribution < 1.29 is 8.42 Å². The number of hydrogen-bond donors (Lipinski definition) is 3. The average molecular weight is 514 g/mol. The minimum Gasteiger partial charge on any atom is -0.367 e. The molecule has 3 aromatic carbocycles. The van der Waals surface area contributed by atoms with Crippen molar-refractivity contribution in [1.82, 2.24) is 19.6 Å². The Morgan fingerprint density at radius 1 is 0.914 bits per heavy atom. The van der Waals surface area contributed by atoms with E-state index in [1.165, 1.54) is 0 Å². The molecule has 184 valence electrons. The second-order valence-electron chi connectivity index (χ2n) is 8.87. The molecule has 35 heavy (non-hydrogen) atoms. The topological polar surface area (TPSA) is 101 Å². The highest BCUT2D eigenvalue weighted by molar-refractivity contribution is 7.89. The van der Waals surface area contributed by atoms with E-state index in [1.54, 1.807) is 24.3 Å². The van der Waals surface area contributed by atoms with Crippen molar-refractivity contribution in [3.63, 3.8) is 0 Å². The fraction of sp³-hybridized carbons (Fsp3) is 0.320. The number of H-pyrrole nitrogens is 2. The lowest BCUT2D eigenvalue weighted by atomic mass is 10.1. The van der Waals surface area contributed by atoms with Gasteiger partial charge in [-0.2, -0.15) is 0 Å². The third-order valence-corrected chi connectivity index (χ3v) is 8.21. The van der Waals surface area contributed by atoms with E-state index in [9.17, 15) is 13.2 Å². The fourth-order valence-corrected chi connectivity index (χ4v) is 5.92.